The molecule has 2 nitrogen and oxygen atoms in total. The Morgan fingerprint density at radius 1 is 1.53 bits per heavy atom. The molecule has 0 spiro atoms. The molecule has 0 unspecified atom stereocenters. The van der Waals surface area contributed by atoms with Gasteiger partial charge in [0.1, 0.15) is 12.0 Å². The number of ether oxygens (including phenoxy) is 1. The number of benzene rings is 1. The molecule has 15 heavy (non-hydrogen) atoms. The topological polar surface area (TPSA) is 26.3 Å². The van der Waals surface area contributed by atoms with Gasteiger partial charge in [-0.25, -0.2) is 0 Å². The zero-order valence-corrected chi connectivity index (χ0v) is 8.82. The van der Waals surface area contributed by atoms with Crippen molar-refractivity contribution in [1.82, 2.24) is 0 Å². The molecule has 2 heteroatoms. The van der Waals surface area contributed by atoms with Crippen molar-refractivity contribution in [2.45, 2.75) is 12.8 Å². The fourth-order valence-corrected chi connectivity index (χ4v) is 1.70. The van der Waals surface area contributed by atoms with Gasteiger partial charge in [0.15, 0.2) is 0 Å². The van der Waals surface area contributed by atoms with E-state index in [0.29, 0.717) is 11.5 Å². The Hall–Kier alpha value is -1.57. The van der Waals surface area contributed by atoms with Gasteiger partial charge in [-0.2, -0.15) is 0 Å². The summed E-state index contributed by atoms with van der Waals surface area (Å²) < 4.78 is 5.27. The van der Waals surface area contributed by atoms with Gasteiger partial charge in [0.25, 0.3) is 0 Å². The standard InChI is InChI=1S/C13H14O2/c1-9(11-4-5-11)12-7-10(8-14)3-6-13(12)15-2/h3,6-8,11H,1,4-5H2,2H3. The Balaban J connectivity index is 2.40. The second-order valence-electron chi connectivity index (χ2n) is 3.88. The minimum Gasteiger partial charge on any atom is -0.496 e. The molecule has 0 atom stereocenters. The van der Waals surface area contributed by atoms with Crippen molar-refractivity contribution < 1.29 is 9.53 Å². The number of rotatable bonds is 4. The van der Waals surface area contributed by atoms with Crippen LogP contribution >= 0.6 is 0 Å². The summed E-state index contributed by atoms with van der Waals surface area (Å²) in [5, 5.41) is 0. The van der Waals surface area contributed by atoms with Crippen LogP contribution in [0.1, 0.15) is 28.8 Å². The fraction of sp³-hybridized carbons (Fsp3) is 0.308. The second kappa shape index (κ2) is 3.89. The second-order valence-corrected chi connectivity index (χ2v) is 3.88. The maximum Gasteiger partial charge on any atom is 0.150 e. The van der Waals surface area contributed by atoms with E-state index in [0.717, 1.165) is 23.2 Å². The van der Waals surface area contributed by atoms with Crippen LogP contribution in [-0.4, -0.2) is 13.4 Å². The quantitative estimate of drug-likeness (QED) is 0.702. The molecule has 0 saturated heterocycles. The van der Waals surface area contributed by atoms with Crippen LogP contribution in [0.3, 0.4) is 0 Å². The fourth-order valence-electron chi connectivity index (χ4n) is 1.70. The highest BCUT2D eigenvalue weighted by Crippen LogP contribution is 2.43. The smallest absolute Gasteiger partial charge is 0.150 e. The molecule has 78 valence electrons. The van der Waals surface area contributed by atoms with Gasteiger partial charge in [0.2, 0.25) is 0 Å². The van der Waals surface area contributed by atoms with Crippen molar-refractivity contribution in [3.8, 4) is 5.75 Å². The van der Waals surface area contributed by atoms with Gasteiger partial charge in [-0.1, -0.05) is 6.58 Å². The molecule has 1 aliphatic carbocycles. The zero-order chi connectivity index (χ0) is 10.8. The lowest BCUT2D eigenvalue weighted by Crippen LogP contribution is -1.94. The van der Waals surface area contributed by atoms with Crippen LogP contribution < -0.4 is 4.74 Å². The summed E-state index contributed by atoms with van der Waals surface area (Å²) in [5.41, 5.74) is 2.74. The van der Waals surface area contributed by atoms with Gasteiger partial charge in [0.05, 0.1) is 7.11 Å². The number of carbonyl (C=O) groups is 1. The van der Waals surface area contributed by atoms with Crippen molar-refractivity contribution in [3.05, 3.63) is 35.9 Å². The highest BCUT2D eigenvalue weighted by atomic mass is 16.5. The van der Waals surface area contributed by atoms with Crippen LogP contribution in [0, 0.1) is 5.92 Å². The summed E-state index contributed by atoms with van der Waals surface area (Å²) in [4.78, 5) is 10.7. The third-order valence-electron chi connectivity index (χ3n) is 2.78. The Morgan fingerprint density at radius 3 is 2.80 bits per heavy atom. The minimum atomic E-state index is 0.584. The van der Waals surface area contributed by atoms with E-state index in [1.165, 1.54) is 12.8 Å². The van der Waals surface area contributed by atoms with Gasteiger partial charge in [-0.15, -0.1) is 0 Å². The van der Waals surface area contributed by atoms with E-state index in [1.807, 2.05) is 12.1 Å². The first-order chi connectivity index (χ1) is 7.26. The average molecular weight is 202 g/mol. The summed E-state index contributed by atoms with van der Waals surface area (Å²) in [6.45, 7) is 4.08. The number of allylic oxidation sites excluding steroid dienone is 1. The molecule has 0 radical (unpaired) electrons. The number of aldehydes is 1. The molecule has 0 N–H and O–H groups in total. The predicted molar refractivity (Wildman–Crippen MR) is 60.1 cm³/mol. The molecular weight excluding hydrogens is 188 g/mol. The molecule has 0 bridgehead atoms. The Bertz CT molecular complexity index is 403. The molecular formula is C13H14O2. The van der Waals surface area contributed by atoms with E-state index in [4.69, 9.17) is 4.74 Å². The largest absolute Gasteiger partial charge is 0.496 e. The first-order valence-electron chi connectivity index (χ1n) is 5.08. The molecule has 1 aromatic carbocycles. The van der Waals surface area contributed by atoms with Crippen molar-refractivity contribution in [2.24, 2.45) is 5.92 Å². The maximum atomic E-state index is 10.7. The maximum absolute atomic E-state index is 10.7. The van der Waals surface area contributed by atoms with E-state index in [9.17, 15) is 4.79 Å². The Kier molecular flexibility index (Phi) is 2.58. The Morgan fingerprint density at radius 2 is 2.27 bits per heavy atom. The van der Waals surface area contributed by atoms with Gasteiger partial charge in [-0.3, -0.25) is 4.79 Å². The summed E-state index contributed by atoms with van der Waals surface area (Å²) in [5.74, 6) is 1.39. The third-order valence-corrected chi connectivity index (χ3v) is 2.78. The summed E-state index contributed by atoms with van der Waals surface area (Å²) in [7, 11) is 1.64. The molecule has 2 rings (SSSR count). The van der Waals surface area contributed by atoms with Crippen LogP contribution in [-0.2, 0) is 0 Å². The highest BCUT2D eigenvalue weighted by molar-refractivity contribution is 5.80. The first kappa shape index (κ1) is 9.97. The van der Waals surface area contributed by atoms with Gasteiger partial charge >= 0.3 is 0 Å². The average Bonchev–Trinajstić information content (AvgIpc) is 3.11. The molecule has 0 aromatic heterocycles. The number of carbonyl (C=O) groups excluding carboxylic acids is 1. The predicted octanol–water partition coefficient (Wildman–Crippen LogP) is 2.93. The SMILES string of the molecule is C=C(c1cc(C=O)ccc1OC)C1CC1. The molecule has 1 saturated carbocycles. The van der Waals surface area contributed by atoms with E-state index in [2.05, 4.69) is 6.58 Å². The lowest BCUT2D eigenvalue weighted by Gasteiger charge is -2.10. The summed E-state index contributed by atoms with van der Waals surface area (Å²) in [6.07, 6.45) is 3.25. The number of methoxy groups -OCH3 is 1. The lowest BCUT2D eigenvalue weighted by molar-refractivity contribution is 0.112. The van der Waals surface area contributed by atoms with E-state index < -0.39 is 0 Å². The van der Waals surface area contributed by atoms with E-state index in [-0.39, 0.29) is 0 Å². The number of hydrogen-bond acceptors (Lipinski definition) is 2. The minimum absolute atomic E-state index is 0.584. The van der Waals surface area contributed by atoms with Crippen molar-refractivity contribution in [2.75, 3.05) is 7.11 Å². The van der Waals surface area contributed by atoms with E-state index in [1.54, 1.807) is 13.2 Å². The van der Waals surface area contributed by atoms with Gasteiger partial charge < -0.3 is 4.74 Å². The Labute approximate surface area is 89.6 Å². The molecule has 0 amide bonds. The van der Waals surface area contributed by atoms with Crippen molar-refractivity contribution >= 4 is 11.9 Å². The summed E-state index contributed by atoms with van der Waals surface area (Å²) in [6, 6.07) is 5.44. The van der Waals surface area contributed by atoms with E-state index >= 15 is 0 Å². The molecule has 0 aliphatic heterocycles. The monoisotopic (exact) mass is 202 g/mol. The van der Waals surface area contributed by atoms with Crippen LogP contribution in [0.5, 0.6) is 5.75 Å². The van der Waals surface area contributed by atoms with Gasteiger partial charge in [0, 0.05) is 11.1 Å². The molecule has 1 fully saturated rings. The summed E-state index contributed by atoms with van der Waals surface area (Å²) >= 11 is 0. The zero-order valence-electron chi connectivity index (χ0n) is 8.82. The molecule has 1 aliphatic rings. The normalized spacial score (nSPS) is 14.7. The van der Waals surface area contributed by atoms with Gasteiger partial charge in [-0.05, 0) is 42.5 Å². The van der Waals surface area contributed by atoms with Crippen LogP contribution in [0.25, 0.3) is 5.57 Å². The molecule has 1 aromatic rings. The number of hydrogen-bond donors (Lipinski definition) is 0. The highest BCUT2D eigenvalue weighted by Gasteiger charge is 2.27. The lowest BCUT2D eigenvalue weighted by atomic mass is 10.00. The van der Waals surface area contributed by atoms with Crippen LogP contribution in [0.15, 0.2) is 24.8 Å². The first-order valence-corrected chi connectivity index (χ1v) is 5.08. The van der Waals surface area contributed by atoms with Crippen LogP contribution in [0.4, 0.5) is 0 Å². The van der Waals surface area contributed by atoms with Crippen molar-refractivity contribution in [1.29, 1.82) is 0 Å². The molecule has 0 heterocycles. The van der Waals surface area contributed by atoms with Crippen LogP contribution in [0.2, 0.25) is 0 Å². The van der Waals surface area contributed by atoms with Crippen molar-refractivity contribution in [3.63, 3.8) is 0 Å². The third kappa shape index (κ3) is 1.94.